The maximum atomic E-state index is 11.1. The Kier molecular flexibility index (Phi) is 9.42. The number of carbonyl (C=O) groups is 1. The van der Waals surface area contributed by atoms with Crippen LogP contribution in [0.5, 0.6) is 0 Å². The molecule has 0 aromatic rings. The topological polar surface area (TPSA) is 26.3 Å². The quantitative estimate of drug-likeness (QED) is 0.204. The minimum absolute atomic E-state index is 0.526. The van der Waals surface area contributed by atoms with E-state index in [2.05, 4.69) is 13.5 Å². The molecule has 0 spiro atoms. The van der Waals surface area contributed by atoms with Crippen LogP contribution in [-0.2, 0) is 9.53 Å². The highest BCUT2D eigenvalue weighted by atomic mass is 35.8. The molecule has 0 radical (unpaired) electrons. The molecule has 0 aliphatic rings. The highest BCUT2D eigenvalue weighted by molar-refractivity contribution is 7.65. The average molecular weight is 318 g/mol. The molecule has 0 saturated heterocycles. The molecule has 0 aromatic carbocycles. The SMILES string of the molecule is C=CC(=O)OC(CCCCCCC)[Si](Cl)(Cl)Cl. The molecule has 17 heavy (non-hydrogen) atoms. The zero-order chi connectivity index (χ0) is 13.3. The molecule has 0 bridgehead atoms. The van der Waals surface area contributed by atoms with Crippen molar-refractivity contribution in [1.29, 1.82) is 0 Å². The Morgan fingerprint density at radius 3 is 2.35 bits per heavy atom. The van der Waals surface area contributed by atoms with Gasteiger partial charge in [0.15, 0.2) is 0 Å². The van der Waals surface area contributed by atoms with Gasteiger partial charge in [0.2, 0.25) is 0 Å². The van der Waals surface area contributed by atoms with Gasteiger partial charge < -0.3 is 4.74 Å². The third-order valence-electron chi connectivity index (χ3n) is 2.36. The lowest BCUT2D eigenvalue weighted by atomic mass is 10.1. The molecule has 0 aliphatic heterocycles. The fraction of sp³-hybridized carbons (Fsp3) is 0.727. The van der Waals surface area contributed by atoms with Crippen LogP contribution in [0.25, 0.3) is 0 Å². The van der Waals surface area contributed by atoms with Crippen molar-refractivity contribution in [2.45, 2.75) is 51.2 Å². The molecule has 100 valence electrons. The maximum Gasteiger partial charge on any atom is 0.381 e. The summed E-state index contributed by atoms with van der Waals surface area (Å²) in [7, 11) is 0. The van der Waals surface area contributed by atoms with Gasteiger partial charge in [-0.25, -0.2) is 4.79 Å². The van der Waals surface area contributed by atoms with E-state index in [1.807, 2.05) is 0 Å². The molecule has 0 rings (SSSR count). The van der Waals surface area contributed by atoms with Crippen LogP contribution in [-0.4, -0.2) is 17.7 Å². The lowest BCUT2D eigenvalue weighted by Crippen LogP contribution is -2.35. The second-order valence-electron chi connectivity index (χ2n) is 3.87. The van der Waals surface area contributed by atoms with Gasteiger partial charge >= 0.3 is 12.0 Å². The number of ether oxygens (including phenoxy) is 1. The minimum Gasteiger partial charge on any atom is -0.458 e. The largest absolute Gasteiger partial charge is 0.458 e. The fourth-order valence-corrected chi connectivity index (χ4v) is 3.58. The summed E-state index contributed by atoms with van der Waals surface area (Å²) < 4.78 is 5.08. The number of carbonyl (C=O) groups excluding carboxylic acids is 1. The van der Waals surface area contributed by atoms with Crippen LogP contribution in [0.1, 0.15) is 45.4 Å². The van der Waals surface area contributed by atoms with Crippen molar-refractivity contribution in [1.82, 2.24) is 0 Å². The molecular weight excluding hydrogens is 299 g/mol. The van der Waals surface area contributed by atoms with Crippen molar-refractivity contribution in [3.63, 3.8) is 0 Å². The van der Waals surface area contributed by atoms with Gasteiger partial charge in [0, 0.05) is 6.08 Å². The summed E-state index contributed by atoms with van der Waals surface area (Å²) in [5.74, 6) is -0.526. The van der Waals surface area contributed by atoms with Crippen LogP contribution in [0.15, 0.2) is 12.7 Å². The second kappa shape index (κ2) is 9.26. The third-order valence-corrected chi connectivity index (χ3v) is 5.69. The first kappa shape index (κ1) is 17.3. The molecule has 0 heterocycles. The molecule has 1 unspecified atom stereocenters. The van der Waals surface area contributed by atoms with E-state index >= 15 is 0 Å². The number of unbranched alkanes of at least 4 members (excludes halogenated alkanes) is 4. The molecular formula is C11H19Cl3O2Si. The van der Waals surface area contributed by atoms with Crippen molar-refractivity contribution < 1.29 is 9.53 Å². The summed E-state index contributed by atoms with van der Waals surface area (Å²) in [5.41, 5.74) is -0.570. The normalized spacial score (nSPS) is 13.2. The number of halogens is 3. The highest BCUT2D eigenvalue weighted by Gasteiger charge is 2.39. The molecule has 0 fully saturated rings. The van der Waals surface area contributed by atoms with Crippen LogP contribution >= 0.6 is 33.2 Å². The minimum atomic E-state index is -3.01. The van der Waals surface area contributed by atoms with E-state index in [0.29, 0.717) is 6.42 Å². The van der Waals surface area contributed by atoms with Crippen LogP contribution in [0, 0.1) is 0 Å². The summed E-state index contributed by atoms with van der Waals surface area (Å²) in [5, 5.41) is 0. The van der Waals surface area contributed by atoms with E-state index in [9.17, 15) is 4.79 Å². The van der Waals surface area contributed by atoms with Crippen LogP contribution < -0.4 is 0 Å². The van der Waals surface area contributed by atoms with Crippen molar-refractivity contribution in [3.8, 4) is 0 Å². The van der Waals surface area contributed by atoms with E-state index in [0.717, 1.165) is 18.9 Å². The number of hydrogen-bond acceptors (Lipinski definition) is 2. The first-order valence-electron chi connectivity index (χ1n) is 5.81. The first-order valence-corrected chi connectivity index (χ1v) is 10.9. The maximum absolute atomic E-state index is 11.1. The summed E-state index contributed by atoms with van der Waals surface area (Å²) in [6.45, 7) is 5.48. The third kappa shape index (κ3) is 8.95. The summed E-state index contributed by atoms with van der Waals surface area (Å²) in [4.78, 5) is 11.1. The molecule has 0 aliphatic carbocycles. The molecule has 0 N–H and O–H groups in total. The van der Waals surface area contributed by atoms with Crippen molar-refractivity contribution in [3.05, 3.63) is 12.7 Å². The van der Waals surface area contributed by atoms with Gasteiger partial charge in [-0.2, -0.15) is 0 Å². The lowest BCUT2D eigenvalue weighted by molar-refractivity contribution is -0.139. The number of esters is 1. The van der Waals surface area contributed by atoms with Crippen molar-refractivity contribution >= 4 is 45.2 Å². The van der Waals surface area contributed by atoms with E-state index in [1.54, 1.807) is 0 Å². The monoisotopic (exact) mass is 316 g/mol. The Morgan fingerprint density at radius 2 is 1.88 bits per heavy atom. The summed E-state index contributed by atoms with van der Waals surface area (Å²) in [6, 6.07) is -3.01. The Balaban J connectivity index is 4.03. The van der Waals surface area contributed by atoms with Crippen LogP contribution in [0.4, 0.5) is 0 Å². The zero-order valence-electron chi connectivity index (χ0n) is 10.1. The Bertz CT molecular complexity index is 241. The number of hydrogen-bond donors (Lipinski definition) is 0. The predicted molar refractivity (Wildman–Crippen MR) is 76.8 cm³/mol. The Labute approximate surface area is 118 Å². The summed E-state index contributed by atoms with van der Waals surface area (Å²) in [6.07, 6.45) is 7.26. The zero-order valence-corrected chi connectivity index (χ0v) is 13.3. The predicted octanol–water partition coefficient (Wildman–Crippen LogP) is 4.64. The van der Waals surface area contributed by atoms with Gasteiger partial charge in [0.25, 0.3) is 0 Å². The van der Waals surface area contributed by atoms with Gasteiger partial charge in [0.05, 0.1) is 0 Å². The molecule has 6 heteroatoms. The van der Waals surface area contributed by atoms with Gasteiger partial charge in [-0.3, -0.25) is 0 Å². The standard InChI is InChI=1S/C11H19Cl3O2Si/c1-3-5-6-7-8-9-11(17(12,13)14)16-10(15)4-2/h4,11H,2-3,5-9H2,1H3. The Morgan fingerprint density at radius 1 is 1.29 bits per heavy atom. The van der Waals surface area contributed by atoms with Gasteiger partial charge in [-0.1, -0.05) is 39.2 Å². The van der Waals surface area contributed by atoms with E-state index in [1.165, 1.54) is 19.3 Å². The van der Waals surface area contributed by atoms with Crippen molar-refractivity contribution in [2.24, 2.45) is 0 Å². The van der Waals surface area contributed by atoms with E-state index < -0.39 is 17.7 Å². The average Bonchev–Trinajstić information content (AvgIpc) is 2.25. The highest BCUT2D eigenvalue weighted by Crippen LogP contribution is 2.30. The smallest absolute Gasteiger partial charge is 0.381 e. The molecule has 0 saturated carbocycles. The summed E-state index contributed by atoms with van der Waals surface area (Å²) >= 11 is 17.7. The fourth-order valence-electron chi connectivity index (χ4n) is 1.41. The molecule has 1 atom stereocenters. The van der Waals surface area contributed by atoms with Gasteiger partial charge in [-0.15, -0.1) is 33.2 Å². The molecule has 0 amide bonds. The van der Waals surface area contributed by atoms with Gasteiger partial charge in [0.1, 0.15) is 5.73 Å². The number of rotatable bonds is 9. The van der Waals surface area contributed by atoms with Gasteiger partial charge in [-0.05, 0) is 12.8 Å². The van der Waals surface area contributed by atoms with Crippen molar-refractivity contribution in [2.75, 3.05) is 0 Å². The van der Waals surface area contributed by atoms with E-state index in [-0.39, 0.29) is 0 Å². The lowest BCUT2D eigenvalue weighted by Gasteiger charge is -2.21. The van der Waals surface area contributed by atoms with Crippen LogP contribution in [0.3, 0.4) is 0 Å². The molecule has 2 nitrogen and oxygen atoms in total. The Hall–Kier alpha value is 0.297. The second-order valence-corrected chi connectivity index (χ2v) is 12.7. The van der Waals surface area contributed by atoms with Crippen LogP contribution in [0.2, 0.25) is 0 Å². The first-order chi connectivity index (χ1) is 7.91. The molecule has 0 aromatic heterocycles. The van der Waals surface area contributed by atoms with E-state index in [4.69, 9.17) is 38.0 Å².